The Kier molecular flexibility index (Phi) is 4.44. The van der Waals surface area contributed by atoms with E-state index in [2.05, 4.69) is 20.7 Å². The third kappa shape index (κ3) is 3.33. The summed E-state index contributed by atoms with van der Waals surface area (Å²) >= 11 is 0. The molecule has 0 atom stereocenters. The highest BCUT2D eigenvalue weighted by Crippen LogP contribution is 2.39. The molecule has 0 amide bonds. The van der Waals surface area contributed by atoms with Gasteiger partial charge in [0.1, 0.15) is 11.8 Å². The highest BCUT2D eigenvalue weighted by Gasteiger charge is 2.26. The highest BCUT2D eigenvalue weighted by molar-refractivity contribution is 5.95. The summed E-state index contributed by atoms with van der Waals surface area (Å²) in [4.78, 5) is 0. The molecule has 1 heterocycles. The van der Waals surface area contributed by atoms with Crippen molar-refractivity contribution in [3.8, 4) is 23.1 Å². The average Bonchev–Trinajstić information content (AvgIpc) is 3.43. The zero-order valence-corrected chi connectivity index (χ0v) is 14.9. The maximum absolute atomic E-state index is 12.6. The predicted octanol–water partition coefficient (Wildman–Crippen LogP) is 5.23. The van der Waals surface area contributed by atoms with Crippen LogP contribution < -0.4 is 10.1 Å². The van der Waals surface area contributed by atoms with Crippen LogP contribution in [0.3, 0.4) is 0 Å². The first kappa shape index (κ1) is 17.3. The Hall–Kier alpha value is -3.07. The molecule has 4 nitrogen and oxygen atoms in total. The number of hydrogen-bond donors (Lipinski definition) is 1. The monoisotopic (exact) mass is 367 g/mol. The molecule has 0 unspecified atom stereocenters. The number of nitrogens with zero attached hydrogens (tertiary/aromatic N) is 2. The zero-order valence-electron chi connectivity index (χ0n) is 14.9. The molecule has 1 aliphatic carbocycles. The number of benzene rings is 2. The van der Waals surface area contributed by atoms with Gasteiger partial charge in [-0.05, 0) is 48.6 Å². The normalized spacial score (nSPS) is 13.7. The molecule has 0 spiro atoms. The van der Waals surface area contributed by atoms with Crippen molar-refractivity contribution in [1.82, 2.24) is 4.57 Å². The standard InChI is InChI=1S/C21H19F2N3O/c1-25-15-6-4-14(5-7-15)20-18(11-24)17-9-8-16(27-21(22)23)10-19(17)26(20)12-13-2-3-13/h4-10,13,21,25H,2-3,12H2,1H3. The summed E-state index contributed by atoms with van der Waals surface area (Å²) in [6, 6.07) is 15.0. The lowest BCUT2D eigenvalue weighted by molar-refractivity contribution is -0.0497. The van der Waals surface area contributed by atoms with E-state index in [1.807, 2.05) is 31.3 Å². The Morgan fingerprint density at radius 1 is 1.22 bits per heavy atom. The van der Waals surface area contributed by atoms with Crippen LogP contribution in [-0.4, -0.2) is 18.2 Å². The van der Waals surface area contributed by atoms with Crippen molar-refractivity contribution in [3.05, 3.63) is 48.0 Å². The van der Waals surface area contributed by atoms with Crippen molar-refractivity contribution < 1.29 is 13.5 Å². The lowest BCUT2D eigenvalue weighted by atomic mass is 10.1. The average molecular weight is 367 g/mol. The Bertz CT molecular complexity index is 1010. The Balaban J connectivity index is 1.92. The number of alkyl halides is 2. The number of aromatic nitrogens is 1. The van der Waals surface area contributed by atoms with Gasteiger partial charge >= 0.3 is 6.61 Å². The van der Waals surface area contributed by atoms with Crippen LogP contribution in [0.5, 0.6) is 5.75 Å². The predicted molar refractivity (Wildman–Crippen MR) is 101 cm³/mol. The van der Waals surface area contributed by atoms with E-state index in [1.165, 1.54) is 6.07 Å². The molecule has 27 heavy (non-hydrogen) atoms. The second-order valence-corrected chi connectivity index (χ2v) is 6.77. The Morgan fingerprint density at radius 2 is 1.96 bits per heavy atom. The molecule has 0 radical (unpaired) electrons. The molecule has 0 bridgehead atoms. The molecule has 0 saturated heterocycles. The minimum Gasteiger partial charge on any atom is -0.435 e. The van der Waals surface area contributed by atoms with Crippen LogP contribution in [0, 0.1) is 17.2 Å². The van der Waals surface area contributed by atoms with Crippen LogP contribution in [0.25, 0.3) is 22.2 Å². The summed E-state index contributed by atoms with van der Waals surface area (Å²) in [5.74, 6) is 0.663. The molecular formula is C21H19F2N3O. The van der Waals surface area contributed by atoms with Gasteiger partial charge in [0.2, 0.25) is 0 Å². The lowest BCUT2D eigenvalue weighted by Gasteiger charge is -2.12. The maximum Gasteiger partial charge on any atom is 0.387 e. The molecule has 1 aromatic heterocycles. The number of anilines is 1. The molecular weight excluding hydrogens is 348 g/mol. The fraction of sp³-hybridized carbons (Fsp3) is 0.286. The number of halogens is 2. The van der Waals surface area contributed by atoms with Crippen LogP contribution in [-0.2, 0) is 6.54 Å². The van der Waals surface area contributed by atoms with E-state index in [0.29, 0.717) is 11.5 Å². The van der Waals surface area contributed by atoms with Crippen LogP contribution in [0.2, 0.25) is 0 Å². The summed E-state index contributed by atoms with van der Waals surface area (Å²) in [5.41, 5.74) is 4.06. The van der Waals surface area contributed by atoms with Gasteiger partial charge in [0.05, 0.1) is 16.8 Å². The molecule has 1 aliphatic rings. The second kappa shape index (κ2) is 6.92. The molecule has 1 fully saturated rings. The fourth-order valence-electron chi connectivity index (χ4n) is 3.46. The van der Waals surface area contributed by atoms with Crippen molar-refractivity contribution in [1.29, 1.82) is 5.26 Å². The van der Waals surface area contributed by atoms with Gasteiger partial charge in [-0.15, -0.1) is 0 Å². The highest BCUT2D eigenvalue weighted by atomic mass is 19.3. The number of hydrogen-bond acceptors (Lipinski definition) is 3. The first-order valence-electron chi connectivity index (χ1n) is 8.90. The van der Waals surface area contributed by atoms with E-state index < -0.39 is 6.61 Å². The van der Waals surface area contributed by atoms with Crippen molar-refractivity contribution in [2.24, 2.45) is 5.92 Å². The van der Waals surface area contributed by atoms with E-state index in [4.69, 9.17) is 0 Å². The minimum absolute atomic E-state index is 0.105. The van der Waals surface area contributed by atoms with E-state index in [1.54, 1.807) is 12.1 Å². The number of nitrogens with one attached hydrogen (secondary N) is 1. The number of rotatable bonds is 6. The molecule has 2 aromatic carbocycles. The van der Waals surface area contributed by atoms with E-state index in [9.17, 15) is 14.0 Å². The summed E-state index contributed by atoms with van der Waals surface area (Å²) in [6.07, 6.45) is 2.29. The van der Waals surface area contributed by atoms with Crippen LogP contribution >= 0.6 is 0 Å². The molecule has 4 rings (SSSR count). The van der Waals surface area contributed by atoms with E-state index in [0.717, 1.165) is 47.2 Å². The van der Waals surface area contributed by atoms with E-state index in [-0.39, 0.29) is 5.75 Å². The van der Waals surface area contributed by atoms with Crippen molar-refractivity contribution >= 4 is 16.6 Å². The second-order valence-electron chi connectivity index (χ2n) is 6.77. The molecule has 1 saturated carbocycles. The summed E-state index contributed by atoms with van der Waals surface area (Å²) in [6.45, 7) is -2.11. The SMILES string of the molecule is CNc1ccc(-c2c(C#N)c3ccc(OC(F)F)cc3n2CC2CC2)cc1. The van der Waals surface area contributed by atoms with Crippen LogP contribution in [0.4, 0.5) is 14.5 Å². The van der Waals surface area contributed by atoms with Crippen molar-refractivity contribution in [2.45, 2.75) is 26.0 Å². The smallest absolute Gasteiger partial charge is 0.387 e. The maximum atomic E-state index is 12.6. The first-order valence-corrected chi connectivity index (χ1v) is 8.90. The van der Waals surface area contributed by atoms with E-state index >= 15 is 0 Å². The van der Waals surface area contributed by atoms with Crippen molar-refractivity contribution in [3.63, 3.8) is 0 Å². The quantitative estimate of drug-likeness (QED) is 0.649. The van der Waals surface area contributed by atoms with Gasteiger partial charge in [-0.2, -0.15) is 14.0 Å². The van der Waals surface area contributed by atoms with Gasteiger partial charge in [0.15, 0.2) is 0 Å². The lowest BCUT2D eigenvalue weighted by Crippen LogP contribution is -2.04. The summed E-state index contributed by atoms with van der Waals surface area (Å²) in [5, 5.41) is 13.7. The van der Waals surface area contributed by atoms with Crippen LogP contribution in [0.15, 0.2) is 42.5 Å². The molecule has 3 aromatic rings. The third-order valence-corrected chi connectivity index (χ3v) is 4.96. The zero-order chi connectivity index (χ0) is 19.0. The number of fused-ring (bicyclic) bond motifs is 1. The molecule has 1 N–H and O–H groups in total. The Labute approximate surface area is 156 Å². The van der Waals surface area contributed by atoms with Gasteiger partial charge in [-0.25, -0.2) is 0 Å². The van der Waals surface area contributed by atoms with Gasteiger partial charge in [-0.3, -0.25) is 0 Å². The van der Waals surface area contributed by atoms with Gasteiger partial charge in [0.25, 0.3) is 0 Å². The van der Waals surface area contributed by atoms with Crippen molar-refractivity contribution in [2.75, 3.05) is 12.4 Å². The van der Waals surface area contributed by atoms with Gasteiger partial charge in [-0.1, -0.05) is 12.1 Å². The molecule has 138 valence electrons. The van der Waals surface area contributed by atoms with Crippen LogP contribution in [0.1, 0.15) is 18.4 Å². The Morgan fingerprint density at radius 3 is 2.56 bits per heavy atom. The topological polar surface area (TPSA) is 50.0 Å². The number of ether oxygens (including phenoxy) is 1. The minimum atomic E-state index is -2.88. The van der Waals surface area contributed by atoms with Gasteiger partial charge < -0.3 is 14.6 Å². The summed E-state index contributed by atoms with van der Waals surface area (Å²) in [7, 11) is 1.85. The molecule has 0 aliphatic heterocycles. The molecule has 6 heteroatoms. The third-order valence-electron chi connectivity index (χ3n) is 4.96. The van der Waals surface area contributed by atoms with Gasteiger partial charge in [0, 0.05) is 30.7 Å². The first-order chi connectivity index (χ1) is 13.1. The largest absolute Gasteiger partial charge is 0.435 e. The number of nitriles is 1. The fourth-order valence-corrected chi connectivity index (χ4v) is 3.46. The summed E-state index contributed by atoms with van der Waals surface area (Å²) < 4.78 is 31.9.